The molecule has 0 bridgehead atoms. The zero-order valence-electron chi connectivity index (χ0n) is 10.1. The van der Waals surface area contributed by atoms with E-state index in [0.29, 0.717) is 19.8 Å². The average Bonchev–Trinajstić information content (AvgIpc) is 2.29. The van der Waals surface area contributed by atoms with Crippen LogP contribution in [0.3, 0.4) is 0 Å². The number of amides is 1. The molecular formula is C12H22N2O2. The minimum absolute atomic E-state index is 0.225. The van der Waals surface area contributed by atoms with Crippen molar-refractivity contribution >= 4 is 5.91 Å². The minimum atomic E-state index is 0.225. The molecule has 1 heterocycles. The van der Waals surface area contributed by atoms with Gasteiger partial charge in [0.1, 0.15) is 0 Å². The molecule has 0 unspecified atom stereocenters. The fourth-order valence-electron chi connectivity index (χ4n) is 2.45. The highest BCUT2D eigenvalue weighted by atomic mass is 16.5. The van der Waals surface area contributed by atoms with E-state index >= 15 is 0 Å². The van der Waals surface area contributed by atoms with Crippen LogP contribution in [-0.4, -0.2) is 49.2 Å². The standard InChI is InChI=1S/C12H22N2O2/c1-2-12(4-3-5-12)13-10-11(15)14-6-8-16-9-7-14/h13H,2-10H2,1H3. The number of hydrogen-bond donors (Lipinski definition) is 1. The second kappa shape index (κ2) is 5.15. The summed E-state index contributed by atoms with van der Waals surface area (Å²) in [6.45, 7) is 5.56. The molecule has 2 aliphatic rings. The van der Waals surface area contributed by atoms with Crippen molar-refractivity contribution in [3.63, 3.8) is 0 Å². The highest BCUT2D eigenvalue weighted by Gasteiger charge is 2.35. The number of hydrogen-bond acceptors (Lipinski definition) is 3. The van der Waals surface area contributed by atoms with E-state index < -0.39 is 0 Å². The monoisotopic (exact) mass is 226 g/mol. The maximum atomic E-state index is 11.9. The van der Waals surface area contributed by atoms with Crippen LogP contribution in [0.1, 0.15) is 32.6 Å². The molecule has 1 amide bonds. The molecule has 1 aliphatic carbocycles. The summed E-state index contributed by atoms with van der Waals surface area (Å²) in [5.74, 6) is 0.225. The summed E-state index contributed by atoms with van der Waals surface area (Å²) in [5.41, 5.74) is 0.266. The Morgan fingerprint density at radius 1 is 1.38 bits per heavy atom. The molecule has 2 rings (SSSR count). The van der Waals surface area contributed by atoms with Crippen molar-refractivity contribution in [2.24, 2.45) is 0 Å². The van der Waals surface area contributed by atoms with Crippen LogP contribution in [0, 0.1) is 0 Å². The molecule has 0 radical (unpaired) electrons. The van der Waals surface area contributed by atoms with E-state index in [4.69, 9.17) is 4.74 Å². The van der Waals surface area contributed by atoms with Gasteiger partial charge in [-0.05, 0) is 25.7 Å². The lowest BCUT2D eigenvalue weighted by atomic mass is 9.75. The van der Waals surface area contributed by atoms with Crippen molar-refractivity contribution in [3.05, 3.63) is 0 Å². The molecule has 0 atom stereocenters. The molecule has 4 nitrogen and oxygen atoms in total. The van der Waals surface area contributed by atoms with Crippen LogP contribution in [0.5, 0.6) is 0 Å². The molecule has 1 N–H and O–H groups in total. The number of ether oxygens (including phenoxy) is 1. The van der Waals surface area contributed by atoms with E-state index in [1.165, 1.54) is 19.3 Å². The lowest BCUT2D eigenvalue weighted by Crippen LogP contribution is -2.54. The predicted octanol–water partition coefficient (Wildman–Crippen LogP) is 0.767. The van der Waals surface area contributed by atoms with Gasteiger partial charge in [0.15, 0.2) is 0 Å². The van der Waals surface area contributed by atoms with Gasteiger partial charge in [0.25, 0.3) is 0 Å². The third-order valence-electron chi connectivity index (χ3n) is 3.97. The maximum absolute atomic E-state index is 11.9. The molecule has 16 heavy (non-hydrogen) atoms. The molecule has 1 aliphatic heterocycles. The smallest absolute Gasteiger partial charge is 0.236 e. The zero-order chi connectivity index (χ0) is 11.4. The van der Waals surface area contributed by atoms with Gasteiger partial charge < -0.3 is 15.0 Å². The molecule has 1 saturated carbocycles. The molecule has 92 valence electrons. The Hall–Kier alpha value is -0.610. The van der Waals surface area contributed by atoms with Crippen LogP contribution >= 0.6 is 0 Å². The third kappa shape index (κ3) is 2.55. The predicted molar refractivity (Wildman–Crippen MR) is 62.3 cm³/mol. The Morgan fingerprint density at radius 3 is 2.56 bits per heavy atom. The van der Waals surface area contributed by atoms with Gasteiger partial charge in [0.2, 0.25) is 5.91 Å². The molecule has 0 aromatic rings. The Bertz CT molecular complexity index is 240. The van der Waals surface area contributed by atoms with Crippen molar-refractivity contribution in [1.29, 1.82) is 0 Å². The van der Waals surface area contributed by atoms with Gasteiger partial charge in [-0.1, -0.05) is 6.92 Å². The molecule has 1 saturated heterocycles. The number of carbonyl (C=O) groups is 1. The fraction of sp³-hybridized carbons (Fsp3) is 0.917. The molecule has 2 fully saturated rings. The lowest BCUT2D eigenvalue weighted by molar-refractivity contribution is -0.134. The second-order valence-electron chi connectivity index (χ2n) is 4.83. The third-order valence-corrected chi connectivity index (χ3v) is 3.97. The first-order valence-corrected chi connectivity index (χ1v) is 6.36. The summed E-state index contributed by atoms with van der Waals surface area (Å²) in [5, 5.41) is 3.45. The Kier molecular flexibility index (Phi) is 3.82. The summed E-state index contributed by atoms with van der Waals surface area (Å²) in [4.78, 5) is 13.8. The van der Waals surface area contributed by atoms with Crippen molar-refractivity contribution in [1.82, 2.24) is 10.2 Å². The van der Waals surface area contributed by atoms with Crippen molar-refractivity contribution < 1.29 is 9.53 Å². The first-order valence-electron chi connectivity index (χ1n) is 6.36. The largest absolute Gasteiger partial charge is 0.378 e. The summed E-state index contributed by atoms with van der Waals surface area (Å²) < 4.78 is 5.23. The van der Waals surface area contributed by atoms with Crippen LogP contribution in [0.4, 0.5) is 0 Å². The molecule has 4 heteroatoms. The fourth-order valence-corrected chi connectivity index (χ4v) is 2.45. The van der Waals surface area contributed by atoms with E-state index in [1.54, 1.807) is 0 Å². The van der Waals surface area contributed by atoms with Crippen molar-refractivity contribution in [3.8, 4) is 0 Å². The topological polar surface area (TPSA) is 41.6 Å². The normalized spacial score (nSPS) is 23.9. The van der Waals surface area contributed by atoms with Gasteiger partial charge in [-0.15, -0.1) is 0 Å². The lowest BCUT2D eigenvalue weighted by Gasteiger charge is -2.42. The number of morpholine rings is 1. The molecule has 0 aromatic carbocycles. The van der Waals surface area contributed by atoms with Crippen LogP contribution < -0.4 is 5.32 Å². The van der Waals surface area contributed by atoms with E-state index in [0.717, 1.165) is 19.5 Å². The van der Waals surface area contributed by atoms with E-state index in [2.05, 4.69) is 12.2 Å². The van der Waals surface area contributed by atoms with Crippen LogP contribution in [0.25, 0.3) is 0 Å². The molecular weight excluding hydrogens is 204 g/mol. The minimum Gasteiger partial charge on any atom is -0.378 e. The number of nitrogens with one attached hydrogen (secondary N) is 1. The number of carbonyl (C=O) groups excluding carboxylic acids is 1. The highest BCUT2D eigenvalue weighted by molar-refractivity contribution is 5.78. The van der Waals surface area contributed by atoms with Crippen molar-refractivity contribution in [2.75, 3.05) is 32.8 Å². The van der Waals surface area contributed by atoms with Gasteiger partial charge >= 0.3 is 0 Å². The van der Waals surface area contributed by atoms with E-state index in [-0.39, 0.29) is 11.4 Å². The van der Waals surface area contributed by atoms with Gasteiger partial charge in [0.05, 0.1) is 19.8 Å². The van der Waals surface area contributed by atoms with Gasteiger partial charge in [-0.2, -0.15) is 0 Å². The zero-order valence-corrected chi connectivity index (χ0v) is 10.1. The quantitative estimate of drug-likeness (QED) is 0.770. The highest BCUT2D eigenvalue weighted by Crippen LogP contribution is 2.34. The van der Waals surface area contributed by atoms with Gasteiger partial charge in [-0.25, -0.2) is 0 Å². The Balaban J connectivity index is 1.74. The van der Waals surface area contributed by atoms with Crippen LogP contribution in [0.15, 0.2) is 0 Å². The van der Waals surface area contributed by atoms with Crippen LogP contribution in [0.2, 0.25) is 0 Å². The second-order valence-corrected chi connectivity index (χ2v) is 4.83. The maximum Gasteiger partial charge on any atom is 0.236 e. The number of nitrogens with zero attached hydrogens (tertiary/aromatic N) is 1. The first kappa shape index (κ1) is 11.9. The van der Waals surface area contributed by atoms with Crippen molar-refractivity contribution in [2.45, 2.75) is 38.1 Å². The summed E-state index contributed by atoms with van der Waals surface area (Å²) >= 11 is 0. The summed E-state index contributed by atoms with van der Waals surface area (Å²) in [7, 11) is 0. The van der Waals surface area contributed by atoms with Gasteiger partial charge in [0, 0.05) is 18.6 Å². The summed E-state index contributed by atoms with van der Waals surface area (Å²) in [6, 6.07) is 0. The summed E-state index contributed by atoms with van der Waals surface area (Å²) in [6.07, 6.45) is 4.87. The van der Waals surface area contributed by atoms with Crippen LogP contribution in [-0.2, 0) is 9.53 Å². The average molecular weight is 226 g/mol. The SMILES string of the molecule is CCC1(NCC(=O)N2CCOCC2)CCC1. The first-order chi connectivity index (χ1) is 7.76. The van der Waals surface area contributed by atoms with E-state index in [1.807, 2.05) is 4.90 Å². The number of rotatable bonds is 4. The Labute approximate surface area is 97.3 Å². The van der Waals surface area contributed by atoms with E-state index in [9.17, 15) is 4.79 Å². The van der Waals surface area contributed by atoms with Gasteiger partial charge in [-0.3, -0.25) is 4.79 Å². The Morgan fingerprint density at radius 2 is 2.06 bits per heavy atom. The molecule has 0 aromatic heterocycles. The molecule has 0 spiro atoms.